The Morgan fingerprint density at radius 1 is 1.32 bits per heavy atom. The maximum Gasteiger partial charge on any atom is 0.0848 e. The molecule has 19 heavy (non-hydrogen) atoms. The quantitative estimate of drug-likeness (QED) is 0.804. The van der Waals surface area contributed by atoms with Crippen molar-refractivity contribution in [3.05, 3.63) is 35.4 Å². The molecule has 0 bridgehead atoms. The summed E-state index contributed by atoms with van der Waals surface area (Å²) in [6, 6.07) is 10.9. The molecule has 0 heterocycles. The number of hydrogen-bond donors (Lipinski definition) is 1. The fourth-order valence-corrected chi connectivity index (χ4v) is 2.60. The molecule has 0 aliphatic heterocycles. The molecule has 106 valence electrons. The van der Waals surface area contributed by atoms with Crippen LogP contribution in [0, 0.1) is 24.2 Å². The van der Waals surface area contributed by atoms with Crippen LogP contribution >= 0.6 is 12.4 Å². The van der Waals surface area contributed by atoms with E-state index in [0.717, 1.165) is 19.4 Å². The van der Waals surface area contributed by atoms with Crippen LogP contribution in [-0.4, -0.2) is 13.6 Å². The number of aryl methyl sites for hydroxylation is 1. The first-order chi connectivity index (χ1) is 8.58. The number of hydrogen-bond acceptors (Lipinski definition) is 2. The zero-order valence-electron chi connectivity index (χ0n) is 12.4. The van der Waals surface area contributed by atoms with Crippen molar-refractivity contribution in [1.29, 1.82) is 5.26 Å². The summed E-state index contributed by atoms with van der Waals surface area (Å²) in [6.45, 7) is 7.36. The highest BCUT2D eigenvalue weighted by Crippen LogP contribution is 2.37. The molecule has 0 radical (unpaired) electrons. The predicted octanol–water partition coefficient (Wildman–Crippen LogP) is 3.83. The lowest BCUT2D eigenvalue weighted by molar-refractivity contribution is 0.357. The van der Waals surface area contributed by atoms with E-state index in [0.29, 0.717) is 5.92 Å². The summed E-state index contributed by atoms with van der Waals surface area (Å²) in [5.41, 5.74) is 2.05. The molecular formula is C16H25ClN2. The van der Waals surface area contributed by atoms with Crippen LogP contribution in [0.15, 0.2) is 24.3 Å². The molecular weight excluding hydrogens is 256 g/mol. The third kappa shape index (κ3) is 3.96. The van der Waals surface area contributed by atoms with E-state index in [1.807, 2.05) is 19.2 Å². The second kappa shape index (κ2) is 8.19. The Hall–Kier alpha value is -1.04. The summed E-state index contributed by atoms with van der Waals surface area (Å²) in [6.07, 6.45) is 1.93. The van der Waals surface area contributed by atoms with Gasteiger partial charge in [-0.05, 0) is 50.4 Å². The van der Waals surface area contributed by atoms with Gasteiger partial charge in [-0.2, -0.15) is 5.26 Å². The average Bonchev–Trinajstić information content (AvgIpc) is 2.36. The number of halogens is 1. The van der Waals surface area contributed by atoms with E-state index in [4.69, 9.17) is 0 Å². The van der Waals surface area contributed by atoms with Gasteiger partial charge in [0.2, 0.25) is 0 Å². The van der Waals surface area contributed by atoms with E-state index in [2.05, 4.69) is 44.3 Å². The molecule has 1 atom stereocenters. The minimum atomic E-state index is -0.359. The highest BCUT2D eigenvalue weighted by Gasteiger charge is 2.36. The maximum atomic E-state index is 9.75. The topological polar surface area (TPSA) is 35.8 Å². The zero-order valence-corrected chi connectivity index (χ0v) is 13.2. The van der Waals surface area contributed by atoms with Crippen LogP contribution in [0.5, 0.6) is 0 Å². The van der Waals surface area contributed by atoms with E-state index in [1.54, 1.807) is 0 Å². The molecule has 0 saturated heterocycles. The molecule has 1 rings (SSSR count). The SMILES string of the molecule is CNCCCC(C#N)(c1ccccc1C)C(C)C.Cl. The van der Waals surface area contributed by atoms with Crippen LogP contribution in [0.1, 0.15) is 37.8 Å². The Morgan fingerprint density at radius 2 is 1.95 bits per heavy atom. The van der Waals surface area contributed by atoms with Gasteiger partial charge in [-0.3, -0.25) is 0 Å². The van der Waals surface area contributed by atoms with Crippen molar-refractivity contribution in [2.24, 2.45) is 5.92 Å². The smallest absolute Gasteiger partial charge is 0.0848 e. The van der Waals surface area contributed by atoms with Gasteiger partial charge in [0, 0.05) is 0 Å². The van der Waals surface area contributed by atoms with Gasteiger partial charge in [0.15, 0.2) is 0 Å². The monoisotopic (exact) mass is 280 g/mol. The van der Waals surface area contributed by atoms with E-state index in [-0.39, 0.29) is 17.8 Å². The molecule has 2 nitrogen and oxygen atoms in total. The van der Waals surface area contributed by atoms with Crippen molar-refractivity contribution in [3.8, 4) is 6.07 Å². The van der Waals surface area contributed by atoms with Crippen LogP contribution in [0.25, 0.3) is 0 Å². The van der Waals surface area contributed by atoms with Crippen molar-refractivity contribution in [2.75, 3.05) is 13.6 Å². The Labute approximate surface area is 123 Å². The lowest BCUT2D eigenvalue weighted by Crippen LogP contribution is -2.32. The van der Waals surface area contributed by atoms with Crippen LogP contribution in [0.2, 0.25) is 0 Å². The lowest BCUT2D eigenvalue weighted by atomic mass is 9.68. The number of nitrogens with zero attached hydrogens (tertiary/aromatic N) is 1. The molecule has 1 aromatic carbocycles. The van der Waals surface area contributed by atoms with Crippen LogP contribution in [-0.2, 0) is 5.41 Å². The van der Waals surface area contributed by atoms with E-state index in [9.17, 15) is 5.26 Å². The first-order valence-electron chi connectivity index (χ1n) is 6.70. The second-order valence-electron chi connectivity index (χ2n) is 5.26. The lowest BCUT2D eigenvalue weighted by Gasteiger charge is -2.32. The van der Waals surface area contributed by atoms with Gasteiger partial charge in [0.25, 0.3) is 0 Å². The molecule has 0 spiro atoms. The van der Waals surface area contributed by atoms with Gasteiger partial charge < -0.3 is 5.32 Å². The van der Waals surface area contributed by atoms with Gasteiger partial charge in [0.05, 0.1) is 11.5 Å². The zero-order chi connectivity index (χ0) is 13.6. The van der Waals surface area contributed by atoms with Crippen molar-refractivity contribution >= 4 is 12.4 Å². The fourth-order valence-electron chi connectivity index (χ4n) is 2.60. The van der Waals surface area contributed by atoms with Crippen molar-refractivity contribution in [2.45, 2.75) is 39.0 Å². The molecule has 0 aromatic heterocycles. The molecule has 0 aliphatic carbocycles. The van der Waals surface area contributed by atoms with Gasteiger partial charge in [0.1, 0.15) is 0 Å². The summed E-state index contributed by atoms with van der Waals surface area (Å²) in [7, 11) is 1.96. The van der Waals surface area contributed by atoms with E-state index in [1.165, 1.54) is 11.1 Å². The number of rotatable bonds is 6. The number of benzene rings is 1. The number of nitriles is 1. The Kier molecular flexibility index (Phi) is 7.75. The van der Waals surface area contributed by atoms with E-state index < -0.39 is 0 Å². The molecule has 1 unspecified atom stereocenters. The molecule has 0 amide bonds. The van der Waals surface area contributed by atoms with Crippen molar-refractivity contribution < 1.29 is 0 Å². The van der Waals surface area contributed by atoms with Gasteiger partial charge in [-0.25, -0.2) is 0 Å². The summed E-state index contributed by atoms with van der Waals surface area (Å²) >= 11 is 0. The maximum absolute atomic E-state index is 9.75. The highest BCUT2D eigenvalue weighted by atomic mass is 35.5. The van der Waals surface area contributed by atoms with Crippen LogP contribution < -0.4 is 5.32 Å². The predicted molar refractivity (Wildman–Crippen MR) is 83.7 cm³/mol. The third-order valence-corrected chi connectivity index (χ3v) is 3.81. The van der Waals surface area contributed by atoms with Gasteiger partial charge in [-0.15, -0.1) is 12.4 Å². The van der Waals surface area contributed by atoms with Gasteiger partial charge in [-0.1, -0.05) is 38.1 Å². The first-order valence-corrected chi connectivity index (χ1v) is 6.70. The van der Waals surface area contributed by atoms with Gasteiger partial charge >= 0.3 is 0 Å². The minimum Gasteiger partial charge on any atom is -0.320 e. The molecule has 1 aromatic rings. The standard InChI is InChI=1S/C16H24N2.ClH/c1-13(2)16(12-17,10-7-11-18-4)15-9-6-5-8-14(15)3;/h5-6,8-9,13,18H,7,10-11H2,1-4H3;1H. The molecule has 3 heteroatoms. The van der Waals surface area contributed by atoms with Crippen LogP contribution in [0.4, 0.5) is 0 Å². The Bertz CT molecular complexity index is 423. The fraction of sp³-hybridized carbons (Fsp3) is 0.562. The minimum absolute atomic E-state index is 0. The molecule has 0 saturated carbocycles. The van der Waals surface area contributed by atoms with Crippen LogP contribution in [0.3, 0.4) is 0 Å². The Morgan fingerprint density at radius 3 is 2.42 bits per heavy atom. The first kappa shape index (κ1) is 18.0. The summed E-state index contributed by atoms with van der Waals surface area (Å²) in [5, 5.41) is 12.9. The van der Waals surface area contributed by atoms with E-state index >= 15 is 0 Å². The second-order valence-corrected chi connectivity index (χ2v) is 5.26. The molecule has 0 fully saturated rings. The third-order valence-electron chi connectivity index (χ3n) is 3.81. The summed E-state index contributed by atoms with van der Waals surface area (Å²) in [4.78, 5) is 0. The van der Waals surface area contributed by atoms with Crippen molar-refractivity contribution in [3.63, 3.8) is 0 Å². The number of nitrogens with one attached hydrogen (secondary N) is 1. The average molecular weight is 281 g/mol. The highest BCUT2D eigenvalue weighted by molar-refractivity contribution is 5.85. The Balaban J connectivity index is 0.00000324. The summed E-state index contributed by atoms with van der Waals surface area (Å²) < 4.78 is 0. The van der Waals surface area contributed by atoms with Crippen molar-refractivity contribution in [1.82, 2.24) is 5.32 Å². The molecule has 1 N–H and O–H groups in total. The molecule has 0 aliphatic rings. The summed E-state index contributed by atoms with van der Waals surface area (Å²) in [5.74, 6) is 0.320. The largest absolute Gasteiger partial charge is 0.320 e. The normalized spacial score (nSPS) is 13.5.